The molecule has 0 aliphatic heterocycles. The van der Waals surface area contributed by atoms with Crippen LogP contribution in [-0.2, 0) is 6.54 Å². The van der Waals surface area contributed by atoms with Gasteiger partial charge in [-0.05, 0) is 43.5 Å². The molecule has 1 aromatic carbocycles. The van der Waals surface area contributed by atoms with Crippen molar-refractivity contribution < 1.29 is 4.79 Å². The molecular formula is C19H17ClN4OS. The number of fused-ring (bicyclic) bond motifs is 1. The minimum absolute atomic E-state index is 0.0484. The molecule has 0 N–H and O–H groups in total. The largest absolute Gasteiger partial charge is 0.322 e. The predicted molar refractivity (Wildman–Crippen MR) is 103 cm³/mol. The van der Waals surface area contributed by atoms with Gasteiger partial charge in [0.25, 0.3) is 5.91 Å². The van der Waals surface area contributed by atoms with E-state index in [1.165, 1.54) is 11.3 Å². The third kappa shape index (κ3) is 3.20. The molecule has 1 aliphatic carbocycles. The van der Waals surface area contributed by atoms with Crippen molar-refractivity contribution in [1.29, 1.82) is 5.26 Å². The lowest BCUT2D eigenvalue weighted by molar-refractivity contribution is 0.0770. The normalized spacial score (nSPS) is 13.7. The number of amides is 1. The number of carbonyl (C=O) groups is 1. The molecule has 132 valence electrons. The number of nitrogens with zero attached hydrogens (tertiary/aromatic N) is 4. The first-order valence-electron chi connectivity index (χ1n) is 8.46. The molecule has 7 heteroatoms. The molecule has 1 amide bonds. The second-order valence-electron chi connectivity index (χ2n) is 6.52. The third-order valence-corrected chi connectivity index (χ3v) is 5.94. The topological polar surface area (TPSA) is 61.9 Å². The number of aryl methyl sites for hydroxylation is 1. The second kappa shape index (κ2) is 6.75. The van der Waals surface area contributed by atoms with Crippen molar-refractivity contribution >= 4 is 39.1 Å². The summed E-state index contributed by atoms with van der Waals surface area (Å²) < 4.78 is 1.93. The number of thiophene rings is 1. The van der Waals surface area contributed by atoms with Crippen LogP contribution in [0.2, 0.25) is 5.02 Å². The Bertz CT molecular complexity index is 1010. The summed E-state index contributed by atoms with van der Waals surface area (Å²) >= 11 is 7.40. The average molecular weight is 385 g/mol. The molecule has 0 radical (unpaired) electrons. The zero-order valence-corrected chi connectivity index (χ0v) is 15.8. The monoisotopic (exact) mass is 384 g/mol. The fourth-order valence-corrected chi connectivity index (χ4v) is 4.30. The summed E-state index contributed by atoms with van der Waals surface area (Å²) in [4.78, 5) is 16.2. The number of rotatable bonds is 5. The van der Waals surface area contributed by atoms with Crippen molar-refractivity contribution in [3.63, 3.8) is 0 Å². The highest BCUT2D eigenvalue weighted by Gasteiger charge is 2.33. The molecule has 0 bridgehead atoms. The van der Waals surface area contributed by atoms with E-state index in [-0.39, 0.29) is 18.5 Å². The zero-order chi connectivity index (χ0) is 18.3. The Balaban J connectivity index is 1.65. The van der Waals surface area contributed by atoms with E-state index in [2.05, 4.69) is 11.2 Å². The first-order valence-corrected chi connectivity index (χ1v) is 9.65. The minimum Gasteiger partial charge on any atom is -0.322 e. The van der Waals surface area contributed by atoms with Crippen LogP contribution in [0.15, 0.2) is 30.3 Å². The summed E-state index contributed by atoms with van der Waals surface area (Å²) in [5, 5.41) is 15.3. The summed E-state index contributed by atoms with van der Waals surface area (Å²) in [6.45, 7) is 2.73. The molecule has 1 fully saturated rings. The van der Waals surface area contributed by atoms with Crippen molar-refractivity contribution in [1.82, 2.24) is 14.7 Å². The van der Waals surface area contributed by atoms with Crippen molar-refractivity contribution in [2.45, 2.75) is 32.4 Å². The van der Waals surface area contributed by atoms with Crippen LogP contribution >= 0.6 is 22.9 Å². The molecule has 2 heterocycles. The van der Waals surface area contributed by atoms with E-state index in [1.807, 2.05) is 41.9 Å². The van der Waals surface area contributed by atoms with Gasteiger partial charge < -0.3 is 4.90 Å². The summed E-state index contributed by atoms with van der Waals surface area (Å²) in [5.41, 5.74) is 2.01. The summed E-state index contributed by atoms with van der Waals surface area (Å²) in [5.74, 6) is -0.0484. The van der Waals surface area contributed by atoms with Crippen molar-refractivity contribution in [3.05, 3.63) is 51.5 Å². The number of hydrogen-bond donors (Lipinski definition) is 0. The summed E-state index contributed by atoms with van der Waals surface area (Å²) in [7, 11) is 0. The Morgan fingerprint density at radius 2 is 2.15 bits per heavy atom. The lowest BCUT2D eigenvalue weighted by Crippen LogP contribution is -2.32. The molecule has 0 unspecified atom stereocenters. The van der Waals surface area contributed by atoms with Gasteiger partial charge in [0, 0.05) is 16.5 Å². The molecule has 2 aromatic heterocycles. The summed E-state index contributed by atoms with van der Waals surface area (Å²) in [6.07, 6.45) is 1.98. The third-order valence-electron chi connectivity index (χ3n) is 4.55. The lowest BCUT2D eigenvalue weighted by Gasteiger charge is -2.17. The Labute approximate surface area is 160 Å². The van der Waals surface area contributed by atoms with Gasteiger partial charge in [-0.15, -0.1) is 11.3 Å². The first kappa shape index (κ1) is 17.1. The fraction of sp³-hybridized carbons (Fsp3) is 0.316. The van der Waals surface area contributed by atoms with E-state index in [4.69, 9.17) is 16.9 Å². The first-order chi connectivity index (χ1) is 12.6. The Hall–Kier alpha value is -2.36. The number of aromatic nitrogens is 2. The van der Waals surface area contributed by atoms with Crippen LogP contribution in [0.4, 0.5) is 0 Å². The van der Waals surface area contributed by atoms with Crippen LogP contribution in [0.3, 0.4) is 0 Å². The van der Waals surface area contributed by atoms with E-state index in [0.29, 0.717) is 16.4 Å². The van der Waals surface area contributed by atoms with E-state index in [0.717, 1.165) is 34.3 Å². The highest BCUT2D eigenvalue weighted by molar-refractivity contribution is 7.20. The molecule has 1 saturated carbocycles. The van der Waals surface area contributed by atoms with Crippen molar-refractivity contribution in [3.8, 4) is 6.07 Å². The maximum Gasteiger partial charge on any atom is 0.265 e. The van der Waals surface area contributed by atoms with Crippen LogP contribution in [0.25, 0.3) is 10.2 Å². The molecule has 1 aliphatic rings. The van der Waals surface area contributed by atoms with Gasteiger partial charge >= 0.3 is 0 Å². The van der Waals surface area contributed by atoms with E-state index in [9.17, 15) is 4.79 Å². The molecule has 5 nitrogen and oxygen atoms in total. The van der Waals surface area contributed by atoms with Crippen molar-refractivity contribution in [2.24, 2.45) is 0 Å². The smallest absolute Gasteiger partial charge is 0.265 e. The number of benzene rings is 1. The Morgan fingerprint density at radius 3 is 2.81 bits per heavy atom. The fourth-order valence-electron chi connectivity index (χ4n) is 3.06. The molecular weight excluding hydrogens is 368 g/mol. The molecule has 26 heavy (non-hydrogen) atoms. The number of hydrogen-bond acceptors (Lipinski definition) is 4. The van der Waals surface area contributed by atoms with Gasteiger partial charge in [0.1, 0.15) is 11.4 Å². The molecule has 0 saturated heterocycles. The van der Waals surface area contributed by atoms with E-state index < -0.39 is 0 Å². The quantitative estimate of drug-likeness (QED) is 0.618. The Morgan fingerprint density at radius 1 is 1.42 bits per heavy atom. The van der Waals surface area contributed by atoms with Gasteiger partial charge in [0.15, 0.2) is 0 Å². The van der Waals surface area contributed by atoms with E-state index in [1.54, 1.807) is 4.90 Å². The highest BCUT2D eigenvalue weighted by atomic mass is 35.5. The zero-order valence-electron chi connectivity index (χ0n) is 14.3. The summed E-state index contributed by atoms with van der Waals surface area (Å²) in [6, 6.07) is 11.9. The van der Waals surface area contributed by atoms with Gasteiger partial charge in [0.05, 0.1) is 23.2 Å². The number of halogens is 1. The van der Waals surface area contributed by atoms with Crippen molar-refractivity contribution in [2.75, 3.05) is 6.54 Å². The number of carbonyl (C=O) groups excluding carboxylic acids is 1. The average Bonchev–Trinajstić information content (AvgIpc) is 3.30. The van der Waals surface area contributed by atoms with Crippen LogP contribution in [0, 0.1) is 18.3 Å². The standard InChI is InChI=1S/C19H17ClN4OS/c1-12-16-10-17(18(25)23(9-8-21)15-6-7-15)26-19(16)24(22-12)11-13-2-4-14(20)5-3-13/h2-5,10,15H,6-7,9,11H2,1H3. The van der Waals surface area contributed by atoms with Gasteiger partial charge in [-0.3, -0.25) is 9.48 Å². The number of nitriles is 1. The maximum absolute atomic E-state index is 12.8. The van der Waals surface area contributed by atoms with Crippen LogP contribution in [0.1, 0.15) is 33.8 Å². The molecule has 0 atom stereocenters. The van der Waals surface area contributed by atoms with Crippen LogP contribution < -0.4 is 0 Å². The van der Waals surface area contributed by atoms with Gasteiger partial charge in [-0.25, -0.2) is 0 Å². The van der Waals surface area contributed by atoms with Gasteiger partial charge in [-0.1, -0.05) is 23.7 Å². The van der Waals surface area contributed by atoms with Gasteiger partial charge in [-0.2, -0.15) is 10.4 Å². The van der Waals surface area contributed by atoms with E-state index >= 15 is 0 Å². The van der Waals surface area contributed by atoms with Crippen LogP contribution in [-0.4, -0.2) is 33.2 Å². The molecule has 3 aromatic rings. The van der Waals surface area contributed by atoms with Crippen LogP contribution in [0.5, 0.6) is 0 Å². The lowest BCUT2D eigenvalue weighted by atomic mass is 10.2. The Kier molecular flexibility index (Phi) is 4.43. The predicted octanol–water partition coefficient (Wildman–Crippen LogP) is 4.24. The highest BCUT2D eigenvalue weighted by Crippen LogP contribution is 2.33. The SMILES string of the molecule is Cc1nn(Cc2ccc(Cl)cc2)c2sc(C(=O)N(CC#N)C3CC3)cc12. The second-order valence-corrected chi connectivity index (χ2v) is 7.99. The molecule has 0 spiro atoms. The maximum atomic E-state index is 12.8. The minimum atomic E-state index is -0.0484. The van der Waals surface area contributed by atoms with Gasteiger partial charge in [0.2, 0.25) is 0 Å². The molecule has 4 rings (SSSR count).